The molecular weight excluding hydrogens is 316 g/mol. The molecule has 0 saturated carbocycles. The maximum Gasteiger partial charge on any atom is 0.271 e. The van der Waals surface area contributed by atoms with Crippen molar-refractivity contribution in [3.05, 3.63) is 76.3 Å². The number of carbonyl (C=O) groups excluding carboxylic acids is 1. The van der Waals surface area contributed by atoms with Crippen LogP contribution in [-0.2, 0) is 0 Å². The lowest BCUT2D eigenvalue weighted by Crippen LogP contribution is -2.17. The van der Waals surface area contributed by atoms with Gasteiger partial charge < -0.3 is 0 Å². The number of nitrogens with one attached hydrogen (secondary N) is 1. The molecule has 0 unspecified atom stereocenters. The van der Waals surface area contributed by atoms with E-state index < -0.39 is 0 Å². The second-order valence-electron chi connectivity index (χ2n) is 4.00. The summed E-state index contributed by atoms with van der Waals surface area (Å²) in [6.07, 6.45) is 5.23. The van der Waals surface area contributed by atoms with Crippen molar-refractivity contribution in [2.45, 2.75) is 0 Å². The maximum atomic E-state index is 11.8. The zero-order valence-corrected chi connectivity index (χ0v) is 12.2. The van der Waals surface area contributed by atoms with Gasteiger partial charge in [0.15, 0.2) is 0 Å². The van der Waals surface area contributed by atoms with Crippen molar-refractivity contribution in [2.75, 3.05) is 0 Å². The Balaban J connectivity index is 1.87. The van der Waals surface area contributed by atoms with Crippen LogP contribution in [0.5, 0.6) is 0 Å². The zero-order chi connectivity index (χ0) is 14.2. The first kappa shape index (κ1) is 14.2. The second kappa shape index (κ2) is 7.40. The fourth-order valence-corrected chi connectivity index (χ4v) is 1.95. The highest BCUT2D eigenvalue weighted by molar-refractivity contribution is 9.10. The minimum atomic E-state index is -0.240. The summed E-state index contributed by atoms with van der Waals surface area (Å²) >= 11 is 3.32. The molecule has 0 heterocycles. The number of carbonyl (C=O) groups is 1. The van der Waals surface area contributed by atoms with Gasteiger partial charge in [0.2, 0.25) is 0 Å². The standard InChI is InChI=1S/C16H13BrN2O/c17-15-10-4-9-14(12-15)16(20)19-18-11-5-8-13-6-2-1-3-7-13/h1-12H,(H,19,20)/b8-5+,18-11?. The highest BCUT2D eigenvalue weighted by Crippen LogP contribution is 2.11. The SMILES string of the molecule is O=C(NN=C/C=C/c1ccccc1)c1cccc(Br)c1. The van der Waals surface area contributed by atoms with Crippen molar-refractivity contribution >= 4 is 34.1 Å². The van der Waals surface area contributed by atoms with E-state index in [0.29, 0.717) is 5.56 Å². The maximum absolute atomic E-state index is 11.8. The number of amides is 1. The average molecular weight is 329 g/mol. The summed E-state index contributed by atoms with van der Waals surface area (Å²) < 4.78 is 0.859. The van der Waals surface area contributed by atoms with Crippen molar-refractivity contribution in [1.29, 1.82) is 0 Å². The summed E-state index contributed by atoms with van der Waals surface area (Å²) in [5.74, 6) is -0.240. The van der Waals surface area contributed by atoms with Crippen LogP contribution in [-0.4, -0.2) is 12.1 Å². The van der Waals surface area contributed by atoms with Gasteiger partial charge in [0.1, 0.15) is 0 Å². The molecule has 0 bridgehead atoms. The molecule has 0 saturated heterocycles. The molecular formula is C16H13BrN2O. The third kappa shape index (κ3) is 4.48. The predicted molar refractivity (Wildman–Crippen MR) is 85.6 cm³/mol. The lowest BCUT2D eigenvalue weighted by Gasteiger charge is -1.99. The first-order valence-corrected chi connectivity index (χ1v) is 6.86. The van der Waals surface area contributed by atoms with Gasteiger partial charge in [-0.15, -0.1) is 0 Å². The Hall–Kier alpha value is -2.20. The number of rotatable bonds is 4. The fraction of sp³-hybridized carbons (Fsp3) is 0. The van der Waals surface area contributed by atoms with E-state index in [-0.39, 0.29) is 5.91 Å². The van der Waals surface area contributed by atoms with Crippen LogP contribution in [0.15, 0.2) is 70.2 Å². The summed E-state index contributed by atoms with van der Waals surface area (Å²) in [4.78, 5) is 11.8. The summed E-state index contributed by atoms with van der Waals surface area (Å²) in [6, 6.07) is 17.0. The van der Waals surface area contributed by atoms with E-state index in [0.717, 1.165) is 10.0 Å². The number of allylic oxidation sites excluding steroid dienone is 1. The molecule has 0 aliphatic rings. The molecule has 4 heteroatoms. The van der Waals surface area contributed by atoms with Crippen LogP contribution in [0.4, 0.5) is 0 Å². The van der Waals surface area contributed by atoms with Crippen LogP contribution in [0.25, 0.3) is 6.08 Å². The molecule has 1 N–H and O–H groups in total. The predicted octanol–water partition coefficient (Wildman–Crippen LogP) is 3.88. The third-order valence-electron chi connectivity index (χ3n) is 2.50. The Kier molecular flexibility index (Phi) is 5.26. The zero-order valence-electron chi connectivity index (χ0n) is 10.7. The molecule has 0 aliphatic carbocycles. The number of benzene rings is 2. The largest absolute Gasteiger partial charge is 0.271 e. The van der Waals surface area contributed by atoms with Gasteiger partial charge in [0, 0.05) is 16.3 Å². The topological polar surface area (TPSA) is 41.5 Å². The van der Waals surface area contributed by atoms with Crippen LogP contribution in [0.2, 0.25) is 0 Å². The Bertz CT molecular complexity index is 636. The van der Waals surface area contributed by atoms with Crippen LogP contribution < -0.4 is 5.43 Å². The lowest BCUT2D eigenvalue weighted by atomic mass is 10.2. The van der Waals surface area contributed by atoms with E-state index in [1.54, 1.807) is 30.5 Å². The summed E-state index contributed by atoms with van der Waals surface area (Å²) in [5, 5.41) is 3.87. The van der Waals surface area contributed by atoms with Gasteiger partial charge in [-0.3, -0.25) is 4.79 Å². The van der Waals surface area contributed by atoms with Crippen LogP contribution in [0, 0.1) is 0 Å². The molecule has 0 atom stereocenters. The lowest BCUT2D eigenvalue weighted by molar-refractivity contribution is 0.0955. The van der Waals surface area contributed by atoms with Crippen molar-refractivity contribution in [2.24, 2.45) is 5.10 Å². The van der Waals surface area contributed by atoms with Gasteiger partial charge in [-0.2, -0.15) is 5.10 Å². The molecule has 2 aromatic rings. The minimum absolute atomic E-state index is 0.240. The number of hydrogen-bond donors (Lipinski definition) is 1. The fourth-order valence-electron chi connectivity index (χ4n) is 1.55. The highest BCUT2D eigenvalue weighted by Gasteiger charge is 2.03. The number of nitrogens with zero attached hydrogens (tertiary/aromatic N) is 1. The molecule has 0 aromatic heterocycles. The van der Waals surface area contributed by atoms with E-state index >= 15 is 0 Å². The Morgan fingerprint density at radius 2 is 1.90 bits per heavy atom. The van der Waals surface area contributed by atoms with Gasteiger partial charge >= 0.3 is 0 Å². The summed E-state index contributed by atoms with van der Waals surface area (Å²) in [6.45, 7) is 0. The van der Waals surface area contributed by atoms with E-state index in [2.05, 4.69) is 26.5 Å². The van der Waals surface area contributed by atoms with E-state index in [9.17, 15) is 4.79 Å². The molecule has 2 rings (SSSR count). The van der Waals surface area contributed by atoms with Crippen molar-refractivity contribution in [1.82, 2.24) is 5.43 Å². The Morgan fingerprint density at radius 1 is 1.10 bits per heavy atom. The van der Waals surface area contributed by atoms with E-state index in [4.69, 9.17) is 0 Å². The first-order valence-electron chi connectivity index (χ1n) is 6.06. The average Bonchev–Trinajstić information content (AvgIpc) is 2.48. The molecule has 0 fully saturated rings. The number of halogens is 1. The first-order chi connectivity index (χ1) is 9.75. The molecule has 0 spiro atoms. The molecule has 2 aromatic carbocycles. The molecule has 1 amide bonds. The van der Waals surface area contributed by atoms with Gasteiger partial charge in [-0.1, -0.05) is 58.4 Å². The Morgan fingerprint density at radius 3 is 2.65 bits per heavy atom. The highest BCUT2D eigenvalue weighted by atomic mass is 79.9. The van der Waals surface area contributed by atoms with Crippen LogP contribution in [0.1, 0.15) is 15.9 Å². The summed E-state index contributed by atoms with van der Waals surface area (Å²) in [5.41, 5.74) is 4.11. The van der Waals surface area contributed by atoms with Crippen LogP contribution in [0.3, 0.4) is 0 Å². The number of hydrogen-bond acceptors (Lipinski definition) is 2. The van der Waals surface area contributed by atoms with E-state index in [1.807, 2.05) is 42.5 Å². The minimum Gasteiger partial charge on any atom is -0.267 e. The molecule has 0 aliphatic heterocycles. The van der Waals surface area contributed by atoms with Gasteiger partial charge in [0.05, 0.1) is 0 Å². The smallest absolute Gasteiger partial charge is 0.267 e. The third-order valence-corrected chi connectivity index (χ3v) is 3.00. The molecule has 20 heavy (non-hydrogen) atoms. The van der Waals surface area contributed by atoms with Gasteiger partial charge in [-0.25, -0.2) is 5.43 Å². The van der Waals surface area contributed by atoms with Crippen molar-refractivity contribution in [3.8, 4) is 0 Å². The van der Waals surface area contributed by atoms with Crippen LogP contribution >= 0.6 is 15.9 Å². The van der Waals surface area contributed by atoms with E-state index in [1.165, 1.54) is 0 Å². The monoisotopic (exact) mass is 328 g/mol. The second-order valence-corrected chi connectivity index (χ2v) is 4.91. The number of hydrazone groups is 1. The quantitative estimate of drug-likeness (QED) is 0.671. The molecule has 0 radical (unpaired) electrons. The van der Waals surface area contributed by atoms with Crippen molar-refractivity contribution in [3.63, 3.8) is 0 Å². The molecule has 100 valence electrons. The molecule has 3 nitrogen and oxygen atoms in total. The van der Waals surface area contributed by atoms with Crippen molar-refractivity contribution < 1.29 is 4.79 Å². The normalized spacial score (nSPS) is 11.1. The van der Waals surface area contributed by atoms with Gasteiger partial charge in [-0.05, 0) is 29.8 Å². The van der Waals surface area contributed by atoms with Gasteiger partial charge in [0.25, 0.3) is 5.91 Å². The Labute approximate surface area is 126 Å². The summed E-state index contributed by atoms with van der Waals surface area (Å²) in [7, 11) is 0.